The third-order valence-corrected chi connectivity index (χ3v) is 8.85. The first-order chi connectivity index (χ1) is 19.5. The molecule has 2 saturated heterocycles. The third kappa shape index (κ3) is 6.87. The number of hydrogen-bond acceptors (Lipinski definition) is 5. The van der Waals surface area contributed by atoms with Crippen LogP contribution in [-0.2, 0) is 6.42 Å². The number of aliphatic hydroxyl groups excluding tert-OH is 1. The maximum atomic E-state index is 15.8. The molecule has 1 spiro atoms. The second-order valence-corrected chi connectivity index (χ2v) is 11.6. The Morgan fingerprint density at radius 1 is 1.02 bits per heavy atom. The molecule has 5 rings (SSSR count). The predicted molar refractivity (Wildman–Crippen MR) is 150 cm³/mol. The highest BCUT2D eigenvalue weighted by Gasteiger charge is 2.43. The highest BCUT2D eigenvalue weighted by Crippen LogP contribution is 2.44. The zero-order valence-corrected chi connectivity index (χ0v) is 23.7. The van der Waals surface area contributed by atoms with E-state index in [1.165, 1.54) is 30.3 Å². The van der Waals surface area contributed by atoms with Crippen LogP contribution in [0.4, 0.5) is 27.6 Å². The first-order valence-corrected chi connectivity index (χ1v) is 14.1. The Labute approximate surface area is 238 Å². The Morgan fingerprint density at radius 3 is 2.29 bits per heavy atom. The second-order valence-electron chi connectivity index (χ2n) is 11.6. The summed E-state index contributed by atoms with van der Waals surface area (Å²) in [7, 11) is 1.00. The van der Waals surface area contributed by atoms with Gasteiger partial charge < -0.3 is 15.1 Å². The molecule has 0 aliphatic carbocycles. The summed E-state index contributed by atoms with van der Waals surface area (Å²) in [6.07, 6.45) is 1.71. The van der Waals surface area contributed by atoms with Gasteiger partial charge in [0.15, 0.2) is 0 Å². The summed E-state index contributed by atoms with van der Waals surface area (Å²) in [6, 6.07) is 4.93. The minimum absolute atomic E-state index is 0.0336. The van der Waals surface area contributed by atoms with Crippen LogP contribution in [-0.4, -0.2) is 78.6 Å². The molecule has 0 bridgehead atoms. The van der Waals surface area contributed by atoms with E-state index in [-0.39, 0.29) is 23.1 Å². The summed E-state index contributed by atoms with van der Waals surface area (Å²) in [6.45, 7) is 8.42. The molecule has 2 fully saturated rings. The number of rotatable bonds is 5. The second kappa shape index (κ2) is 12.7. The van der Waals surface area contributed by atoms with E-state index < -0.39 is 36.4 Å². The van der Waals surface area contributed by atoms with E-state index in [0.29, 0.717) is 29.9 Å². The number of likely N-dealkylation sites (tertiary alicyclic amines) is 1. The van der Waals surface area contributed by atoms with Gasteiger partial charge in [0.1, 0.15) is 17.4 Å². The fraction of sp³-hybridized carbons (Fsp3) is 0.548. The van der Waals surface area contributed by atoms with E-state index >= 15 is 8.78 Å². The molecule has 5 nitrogen and oxygen atoms in total. The summed E-state index contributed by atoms with van der Waals surface area (Å²) < 4.78 is 72.4. The van der Waals surface area contributed by atoms with Gasteiger partial charge in [-0.2, -0.15) is 13.2 Å². The van der Waals surface area contributed by atoms with Gasteiger partial charge in [-0.15, -0.1) is 6.58 Å². The summed E-state index contributed by atoms with van der Waals surface area (Å²) in [4.78, 5) is 5.51. The smallest absolute Gasteiger partial charge is 0.401 e. The molecule has 2 aromatic rings. The fourth-order valence-corrected chi connectivity index (χ4v) is 6.99. The molecule has 226 valence electrons. The van der Waals surface area contributed by atoms with Crippen molar-refractivity contribution in [2.45, 2.75) is 57.3 Å². The first-order valence-electron chi connectivity index (χ1n) is 14.1. The van der Waals surface area contributed by atoms with Crippen molar-refractivity contribution in [2.75, 3.05) is 51.3 Å². The van der Waals surface area contributed by atoms with Crippen LogP contribution in [0.25, 0.3) is 0 Å². The fourth-order valence-electron chi connectivity index (χ4n) is 6.99. The van der Waals surface area contributed by atoms with Crippen molar-refractivity contribution in [3.8, 4) is 5.75 Å². The zero-order valence-electron chi connectivity index (χ0n) is 23.7. The molecule has 2 aromatic carbocycles. The molecule has 3 heterocycles. The normalized spacial score (nSPS) is 23.1. The lowest BCUT2D eigenvalue weighted by Crippen LogP contribution is -2.49. The third-order valence-electron chi connectivity index (χ3n) is 8.85. The molecule has 3 aliphatic rings. The number of aromatic hydroxyl groups is 1. The number of fused-ring (bicyclic) bond motifs is 1. The van der Waals surface area contributed by atoms with Gasteiger partial charge >= 0.3 is 6.18 Å². The topological polar surface area (TPSA) is 50.2 Å². The number of halogens is 5. The molecule has 0 saturated carbocycles. The maximum Gasteiger partial charge on any atom is 0.401 e. The van der Waals surface area contributed by atoms with E-state index in [4.69, 9.17) is 5.11 Å². The molecule has 0 radical (unpaired) electrons. The first kappa shape index (κ1) is 31.3. The molecule has 0 amide bonds. The molecule has 2 atom stereocenters. The number of aliphatic hydroxyl groups is 1. The lowest BCUT2D eigenvalue weighted by atomic mass is 9.72. The Kier molecular flexibility index (Phi) is 9.66. The van der Waals surface area contributed by atoms with Crippen molar-refractivity contribution in [1.29, 1.82) is 0 Å². The van der Waals surface area contributed by atoms with Crippen molar-refractivity contribution in [3.63, 3.8) is 0 Å². The van der Waals surface area contributed by atoms with Crippen LogP contribution in [0, 0.1) is 17.0 Å². The maximum absolute atomic E-state index is 15.8. The van der Waals surface area contributed by atoms with Crippen LogP contribution in [0.5, 0.6) is 5.75 Å². The summed E-state index contributed by atoms with van der Waals surface area (Å²) in [5.41, 5.74) is 1.19. The number of phenolic OH excluding ortho intramolecular Hbond substituents is 1. The predicted octanol–water partition coefficient (Wildman–Crippen LogP) is 6.05. The van der Waals surface area contributed by atoms with Crippen molar-refractivity contribution < 1.29 is 32.2 Å². The molecule has 3 aliphatic heterocycles. The molecule has 2 N–H and O–H groups in total. The Morgan fingerprint density at radius 2 is 1.68 bits per heavy atom. The van der Waals surface area contributed by atoms with Gasteiger partial charge in [-0.25, -0.2) is 8.78 Å². The van der Waals surface area contributed by atoms with Gasteiger partial charge in [-0.3, -0.25) is 9.80 Å². The summed E-state index contributed by atoms with van der Waals surface area (Å²) in [5, 5.41) is 17.0. The van der Waals surface area contributed by atoms with Gasteiger partial charge in [0.2, 0.25) is 0 Å². The zero-order chi connectivity index (χ0) is 29.9. The molecule has 41 heavy (non-hydrogen) atoms. The van der Waals surface area contributed by atoms with Crippen LogP contribution in [0.1, 0.15) is 55.3 Å². The van der Waals surface area contributed by atoms with Crippen LogP contribution in [0.2, 0.25) is 0 Å². The van der Waals surface area contributed by atoms with Crippen molar-refractivity contribution in [1.82, 2.24) is 9.80 Å². The average molecular weight is 582 g/mol. The lowest BCUT2D eigenvalue weighted by Gasteiger charge is -2.48. The summed E-state index contributed by atoms with van der Waals surface area (Å²) in [5.74, 6) is -1.75. The molecular weight excluding hydrogens is 541 g/mol. The lowest BCUT2D eigenvalue weighted by molar-refractivity contribution is -0.155. The van der Waals surface area contributed by atoms with E-state index in [2.05, 4.69) is 11.5 Å². The van der Waals surface area contributed by atoms with Gasteiger partial charge in [-0.1, -0.05) is 12.1 Å². The Hall–Kier alpha value is -2.69. The van der Waals surface area contributed by atoms with Crippen LogP contribution in [0.3, 0.4) is 0 Å². The van der Waals surface area contributed by atoms with Crippen molar-refractivity contribution in [2.24, 2.45) is 5.41 Å². The van der Waals surface area contributed by atoms with Crippen LogP contribution < -0.4 is 4.90 Å². The number of anilines is 1. The van der Waals surface area contributed by atoms with E-state index in [1.54, 1.807) is 6.92 Å². The summed E-state index contributed by atoms with van der Waals surface area (Å²) >= 11 is 0. The number of benzene rings is 2. The number of piperidine rings is 2. The monoisotopic (exact) mass is 581 g/mol. The SMILES string of the molecule is C=CCN1CCCC2(CCN(c3cc(F)c(C4c5ccc(O)cc5C[C@@H](C)N4CC(F)(F)F)c(F)c3)CC2)C1.CO. The van der Waals surface area contributed by atoms with E-state index in [1.807, 2.05) is 11.0 Å². The minimum atomic E-state index is -4.54. The van der Waals surface area contributed by atoms with Gasteiger partial charge in [-0.05, 0) is 86.4 Å². The van der Waals surface area contributed by atoms with Crippen LogP contribution >= 0.6 is 0 Å². The standard InChI is InChI=1S/C30H36F5N3O.CH4O/c1-3-10-36-11-4-7-29(18-36)8-12-37(13-9-29)22-16-25(31)27(26(32)17-22)28-24-6-5-23(39)15-21(24)14-20(2)38(28)19-30(33,34)35;1-2/h3,5-6,15-17,20,28,39H,1,4,7-14,18-19H2,2H3;2H,1H3/t20-,28?;/m1./s1. The number of alkyl halides is 3. The van der Waals surface area contributed by atoms with E-state index in [0.717, 1.165) is 57.3 Å². The highest BCUT2D eigenvalue weighted by molar-refractivity contribution is 5.52. The Balaban J connectivity index is 0.00000189. The average Bonchev–Trinajstić information content (AvgIpc) is 2.91. The largest absolute Gasteiger partial charge is 0.508 e. The van der Waals surface area contributed by atoms with Crippen molar-refractivity contribution >= 4 is 5.69 Å². The van der Waals surface area contributed by atoms with Gasteiger partial charge in [0, 0.05) is 50.6 Å². The minimum Gasteiger partial charge on any atom is -0.508 e. The molecule has 10 heteroatoms. The van der Waals surface area contributed by atoms with E-state index in [9.17, 15) is 18.3 Å². The van der Waals surface area contributed by atoms with Gasteiger partial charge in [0.25, 0.3) is 0 Å². The quantitative estimate of drug-likeness (QED) is 0.333. The van der Waals surface area contributed by atoms with Crippen LogP contribution in [0.15, 0.2) is 43.0 Å². The van der Waals surface area contributed by atoms with Gasteiger partial charge in [0.05, 0.1) is 12.6 Å². The van der Waals surface area contributed by atoms with Crippen molar-refractivity contribution in [3.05, 3.63) is 71.3 Å². The molecule has 0 aromatic heterocycles. The number of nitrogens with zero attached hydrogens (tertiary/aromatic N) is 3. The highest BCUT2D eigenvalue weighted by atomic mass is 19.4. The Bertz CT molecular complexity index is 1190. The number of phenols is 1. The molecule has 1 unspecified atom stereocenters. The molecular formula is C31H40F5N3O2. The number of hydrogen-bond donors (Lipinski definition) is 2.